The molecule has 82 valence electrons. The minimum Gasteiger partial charge on any atom is -0.399 e. The normalized spacial score (nSPS) is 16.3. The molecule has 2 aromatic rings. The molecule has 3 nitrogen and oxygen atoms in total. The van der Waals surface area contributed by atoms with Crippen molar-refractivity contribution in [2.75, 3.05) is 5.73 Å². The van der Waals surface area contributed by atoms with E-state index in [9.17, 15) is 0 Å². The number of hydrogen-bond donors (Lipinski definition) is 1. The molecule has 1 saturated carbocycles. The highest BCUT2D eigenvalue weighted by Gasteiger charge is 2.23. The quantitative estimate of drug-likeness (QED) is 0.608. The summed E-state index contributed by atoms with van der Waals surface area (Å²) in [7, 11) is 0. The van der Waals surface area contributed by atoms with Crippen molar-refractivity contribution in [3.8, 4) is 0 Å². The molecule has 1 aromatic carbocycles. The predicted octanol–water partition coefficient (Wildman–Crippen LogP) is 3.13. The molecule has 1 fully saturated rings. The Bertz CT molecular complexity index is 544. The van der Waals surface area contributed by atoms with Gasteiger partial charge in [0, 0.05) is 17.0 Å². The van der Waals surface area contributed by atoms with Gasteiger partial charge in [0.15, 0.2) is 0 Å². The van der Waals surface area contributed by atoms with Crippen molar-refractivity contribution in [2.24, 2.45) is 0 Å². The molecule has 0 unspecified atom stereocenters. The van der Waals surface area contributed by atoms with Crippen LogP contribution < -0.4 is 5.73 Å². The van der Waals surface area contributed by atoms with E-state index in [1.165, 1.54) is 19.3 Å². The number of aromatic nitrogens is 2. The van der Waals surface area contributed by atoms with E-state index in [1.807, 2.05) is 18.2 Å². The highest BCUT2D eigenvalue weighted by molar-refractivity contribution is 6.28. The summed E-state index contributed by atoms with van der Waals surface area (Å²) in [4.78, 5) is 8.58. The van der Waals surface area contributed by atoms with Crippen LogP contribution in [0, 0.1) is 0 Å². The number of halogens is 1. The Kier molecular flexibility index (Phi) is 2.21. The first kappa shape index (κ1) is 9.85. The van der Waals surface area contributed by atoms with Crippen LogP contribution in [0.3, 0.4) is 0 Å². The van der Waals surface area contributed by atoms with Gasteiger partial charge in [-0.3, -0.25) is 0 Å². The molecule has 0 atom stereocenters. The van der Waals surface area contributed by atoms with E-state index in [1.54, 1.807) is 0 Å². The molecule has 1 aromatic heterocycles. The van der Waals surface area contributed by atoms with Gasteiger partial charge >= 0.3 is 0 Å². The summed E-state index contributed by atoms with van der Waals surface area (Å²) in [5, 5.41) is 1.41. The number of hydrogen-bond acceptors (Lipinski definition) is 3. The first-order valence-corrected chi connectivity index (χ1v) is 5.84. The summed E-state index contributed by atoms with van der Waals surface area (Å²) in [6, 6.07) is 5.74. The monoisotopic (exact) mass is 233 g/mol. The lowest BCUT2D eigenvalue weighted by Crippen LogP contribution is -2.11. The SMILES string of the molecule is Nc1ccc2c(C3CCC3)nc(Cl)nc2c1. The number of nitrogens with two attached hydrogens (primary N) is 1. The van der Waals surface area contributed by atoms with E-state index < -0.39 is 0 Å². The lowest BCUT2D eigenvalue weighted by atomic mass is 9.81. The number of nitrogen functional groups attached to an aromatic ring is 1. The summed E-state index contributed by atoms with van der Waals surface area (Å²) in [5.74, 6) is 0.548. The number of nitrogens with zero attached hydrogens (tertiary/aromatic N) is 2. The lowest BCUT2D eigenvalue weighted by Gasteiger charge is -2.25. The summed E-state index contributed by atoms with van der Waals surface area (Å²) in [6.45, 7) is 0. The topological polar surface area (TPSA) is 51.8 Å². The van der Waals surface area contributed by atoms with Gasteiger partial charge in [0.1, 0.15) is 0 Å². The van der Waals surface area contributed by atoms with E-state index in [4.69, 9.17) is 17.3 Å². The molecule has 0 saturated heterocycles. The maximum atomic E-state index is 5.94. The van der Waals surface area contributed by atoms with Crippen LogP contribution in [-0.2, 0) is 0 Å². The second-order valence-electron chi connectivity index (χ2n) is 4.28. The zero-order valence-electron chi connectivity index (χ0n) is 8.78. The molecule has 4 heteroatoms. The average Bonchev–Trinajstić information content (AvgIpc) is 2.13. The zero-order valence-corrected chi connectivity index (χ0v) is 9.54. The van der Waals surface area contributed by atoms with E-state index in [0.29, 0.717) is 16.9 Å². The lowest BCUT2D eigenvalue weighted by molar-refractivity contribution is 0.413. The Morgan fingerprint density at radius 1 is 1.25 bits per heavy atom. The van der Waals surface area contributed by atoms with Crippen LogP contribution in [-0.4, -0.2) is 9.97 Å². The fourth-order valence-electron chi connectivity index (χ4n) is 2.13. The highest BCUT2D eigenvalue weighted by Crippen LogP contribution is 2.38. The third-order valence-electron chi connectivity index (χ3n) is 3.22. The Hall–Kier alpha value is -1.35. The molecular weight excluding hydrogens is 222 g/mol. The van der Waals surface area contributed by atoms with E-state index in [-0.39, 0.29) is 0 Å². The van der Waals surface area contributed by atoms with Gasteiger partial charge in [-0.05, 0) is 42.6 Å². The molecule has 1 aliphatic rings. The Balaban J connectivity index is 2.25. The number of fused-ring (bicyclic) bond motifs is 1. The smallest absolute Gasteiger partial charge is 0.223 e. The van der Waals surface area contributed by atoms with Crippen molar-refractivity contribution in [3.63, 3.8) is 0 Å². The van der Waals surface area contributed by atoms with Crippen molar-refractivity contribution >= 4 is 28.2 Å². The first-order valence-electron chi connectivity index (χ1n) is 5.47. The van der Waals surface area contributed by atoms with Crippen LogP contribution in [0.25, 0.3) is 10.9 Å². The van der Waals surface area contributed by atoms with Gasteiger partial charge in [-0.2, -0.15) is 0 Å². The van der Waals surface area contributed by atoms with Gasteiger partial charge in [0.05, 0.1) is 11.2 Å². The van der Waals surface area contributed by atoms with Crippen LogP contribution in [0.2, 0.25) is 5.28 Å². The van der Waals surface area contributed by atoms with Gasteiger partial charge in [-0.15, -0.1) is 0 Å². The number of benzene rings is 1. The Morgan fingerprint density at radius 2 is 2.06 bits per heavy atom. The maximum Gasteiger partial charge on any atom is 0.223 e. The van der Waals surface area contributed by atoms with Gasteiger partial charge in [0.25, 0.3) is 0 Å². The predicted molar refractivity (Wildman–Crippen MR) is 65.6 cm³/mol. The van der Waals surface area contributed by atoms with E-state index in [2.05, 4.69) is 9.97 Å². The number of rotatable bonds is 1. The van der Waals surface area contributed by atoms with Crippen LogP contribution in [0.1, 0.15) is 30.9 Å². The fraction of sp³-hybridized carbons (Fsp3) is 0.333. The van der Waals surface area contributed by atoms with E-state index >= 15 is 0 Å². The summed E-state index contributed by atoms with van der Waals surface area (Å²) >= 11 is 5.94. The van der Waals surface area contributed by atoms with Crippen molar-refractivity contribution in [2.45, 2.75) is 25.2 Å². The maximum absolute atomic E-state index is 5.94. The summed E-state index contributed by atoms with van der Waals surface area (Å²) < 4.78 is 0. The van der Waals surface area contributed by atoms with Crippen molar-refractivity contribution in [1.29, 1.82) is 0 Å². The average molecular weight is 234 g/mol. The van der Waals surface area contributed by atoms with Crippen molar-refractivity contribution in [1.82, 2.24) is 9.97 Å². The highest BCUT2D eigenvalue weighted by atomic mass is 35.5. The van der Waals surface area contributed by atoms with Crippen LogP contribution in [0.4, 0.5) is 5.69 Å². The minimum atomic E-state index is 0.319. The summed E-state index contributed by atoms with van der Waals surface area (Å²) in [6.07, 6.45) is 3.68. The molecule has 0 amide bonds. The summed E-state index contributed by atoms with van der Waals surface area (Å²) in [5.41, 5.74) is 8.39. The number of anilines is 1. The molecular formula is C12H12ClN3. The molecule has 1 heterocycles. The molecule has 0 aliphatic heterocycles. The molecule has 16 heavy (non-hydrogen) atoms. The first-order chi connectivity index (χ1) is 7.74. The largest absolute Gasteiger partial charge is 0.399 e. The molecule has 0 spiro atoms. The second kappa shape index (κ2) is 3.59. The minimum absolute atomic E-state index is 0.319. The zero-order chi connectivity index (χ0) is 11.1. The molecule has 2 N–H and O–H groups in total. The van der Waals surface area contributed by atoms with Gasteiger partial charge in [0.2, 0.25) is 5.28 Å². The third kappa shape index (κ3) is 1.52. The van der Waals surface area contributed by atoms with Crippen molar-refractivity contribution < 1.29 is 0 Å². The van der Waals surface area contributed by atoms with E-state index in [0.717, 1.165) is 16.6 Å². The van der Waals surface area contributed by atoms with Crippen LogP contribution >= 0.6 is 11.6 Å². The molecule has 0 bridgehead atoms. The molecule has 3 rings (SSSR count). The van der Waals surface area contributed by atoms with Crippen LogP contribution in [0.15, 0.2) is 18.2 Å². The fourth-order valence-corrected chi connectivity index (χ4v) is 2.32. The Morgan fingerprint density at radius 3 is 2.75 bits per heavy atom. The van der Waals surface area contributed by atoms with Gasteiger partial charge < -0.3 is 5.73 Å². The van der Waals surface area contributed by atoms with Crippen LogP contribution in [0.5, 0.6) is 0 Å². The van der Waals surface area contributed by atoms with Gasteiger partial charge in [-0.1, -0.05) is 6.42 Å². The van der Waals surface area contributed by atoms with Gasteiger partial charge in [-0.25, -0.2) is 9.97 Å². The van der Waals surface area contributed by atoms with Crippen molar-refractivity contribution in [3.05, 3.63) is 29.2 Å². The molecule has 0 radical (unpaired) electrons. The standard InChI is InChI=1S/C12H12ClN3/c13-12-15-10-6-8(14)4-5-9(10)11(16-12)7-2-1-3-7/h4-7H,1-3,14H2. The Labute approximate surface area is 98.6 Å². The second-order valence-corrected chi connectivity index (χ2v) is 4.62. The molecule has 1 aliphatic carbocycles. The third-order valence-corrected chi connectivity index (χ3v) is 3.38.